The Morgan fingerprint density at radius 1 is 0.783 bits per heavy atom. The van der Waals surface area contributed by atoms with Crippen molar-refractivity contribution in [1.82, 2.24) is 0 Å². The second-order valence-electron chi connectivity index (χ2n) is 5.86. The normalized spacial score (nSPS) is 11.9. The lowest BCUT2D eigenvalue weighted by atomic mass is 10.0. The van der Waals surface area contributed by atoms with Gasteiger partial charge in [-0.15, -0.1) is 0 Å². The van der Waals surface area contributed by atoms with Crippen LogP contribution in [0.4, 0.5) is 0 Å². The van der Waals surface area contributed by atoms with Crippen molar-refractivity contribution in [3.05, 3.63) is 70.6 Å². The molecule has 0 saturated carbocycles. The summed E-state index contributed by atoms with van der Waals surface area (Å²) >= 11 is 0. The monoisotopic (exact) mass is 300 g/mol. The molecule has 23 heavy (non-hydrogen) atoms. The van der Waals surface area contributed by atoms with Gasteiger partial charge in [0, 0.05) is 5.39 Å². The van der Waals surface area contributed by atoms with Gasteiger partial charge in [0.2, 0.25) is 0 Å². The zero-order valence-electron chi connectivity index (χ0n) is 12.4. The molecule has 3 nitrogen and oxygen atoms in total. The second-order valence-corrected chi connectivity index (χ2v) is 5.86. The van der Waals surface area contributed by atoms with E-state index in [2.05, 4.69) is 0 Å². The number of hydrogen-bond acceptors (Lipinski definition) is 3. The highest BCUT2D eigenvalue weighted by Gasteiger charge is 2.17. The summed E-state index contributed by atoms with van der Waals surface area (Å²) in [7, 11) is 0. The molecule has 0 atom stereocenters. The van der Waals surface area contributed by atoms with Crippen molar-refractivity contribution < 1.29 is 8.83 Å². The van der Waals surface area contributed by atoms with Crippen LogP contribution in [0.2, 0.25) is 0 Å². The molecule has 3 aromatic carbocycles. The molecule has 0 bridgehead atoms. The Morgan fingerprint density at radius 3 is 2.57 bits per heavy atom. The number of aryl methyl sites for hydroxylation is 1. The van der Waals surface area contributed by atoms with Crippen LogP contribution in [0.3, 0.4) is 0 Å². The van der Waals surface area contributed by atoms with Gasteiger partial charge in [-0.05, 0) is 41.5 Å². The lowest BCUT2D eigenvalue weighted by Crippen LogP contribution is -1.98. The molecule has 2 aromatic heterocycles. The van der Waals surface area contributed by atoms with Crippen LogP contribution in [-0.2, 0) is 0 Å². The van der Waals surface area contributed by atoms with Crippen LogP contribution < -0.4 is 5.63 Å². The Hall–Kier alpha value is -3.07. The molecule has 2 heterocycles. The lowest BCUT2D eigenvalue weighted by molar-refractivity contribution is 0.566. The quantitative estimate of drug-likeness (QED) is 0.371. The first kappa shape index (κ1) is 12.5. The van der Waals surface area contributed by atoms with Gasteiger partial charge in [-0.2, -0.15) is 0 Å². The molecule has 3 heteroatoms. The molecule has 110 valence electrons. The standard InChI is InChI=1S/C20H12O3/c1-11-6-8-14-16(10-11)23-20(21)18-17-13-5-3-2-4-12(13)7-9-15(17)22-19(14)18/h2-10H,1H3. The Bertz CT molecular complexity index is 1290. The van der Waals surface area contributed by atoms with Gasteiger partial charge in [0.15, 0.2) is 5.58 Å². The minimum atomic E-state index is -0.354. The predicted molar refractivity (Wildman–Crippen MR) is 92.0 cm³/mol. The van der Waals surface area contributed by atoms with E-state index in [0.29, 0.717) is 22.1 Å². The third kappa shape index (κ3) is 1.62. The highest BCUT2D eigenvalue weighted by atomic mass is 16.4. The van der Waals surface area contributed by atoms with Crippen LogP contribution in [0.15, 0.2) is 68.2 Å². The topological polar surface area (TPSA) is 43.4 Å². The van der Waals surface area contributed by atoms with E-state index in [9.17, 15) is 4.79 Å². The van der Waals surface area contributed by atoms with Crippen molar-refractivity contribution in [1.29, 1.82) is 0 Å². The summed E-state index contributed by atoms with van der Waals surface area (Å²) in [4.78, 5) is 12.6. The highest BCUT2D eigenvalue weighted by Crippen LogP contribution is 2.36. The Kier molecular flexibility index (Phi) is 2.29. The number of fused-ring (bicyclic) bond motifs is 7. The molecule has 0 aliphatic carbocycles. The summed E-state index contributed by atoms with van der Waals surface area (Å²) in [5.74, 6) is 0. The Morgan fingerprint density at radius 2 is 1.65 bits per heavy atom. The maximum Gasteiger partial charge on any atom is 0.348 e. The molecule has 0 spiro atoms. The SMILES string of the molecule is Cc1ccc2c(c1)oc(=O)c1c2oc2ccc3ccccc3c21. The molecule has 5 aromatic rings. The van der Waals surface area contributed by atoms with E-state index >= 15 is 0 Å². The van der Waals surface area contributed by atoms with E-state index < -0.39 is 0 Å². The maximum absolute atomic E-state index is 12.6. The van der Waals surface area contributed by atoms with Gasteiger partial charge in [0.1, 0.15) is 16.6 Å². The summed E-state index contributed by atoms with van der Waals surface area (Å²) < 4.78 is 11.6. The summed E-state index contributed by atoms with van der Waals surface area (Å²) in [6, 6.07) is 17.7. The smallest absolute Gasteiger partial charge is 0.348 e. The minimum Gasteiger partial charge on any atom is -0.455 e. The number of rotatable bonds is 0. The third-order valence-corrected chi connectivity index (χ3v) is 4.37. The summed E-state index contributed by atoms with van der Waals surface area (Å²) in [6.45, 7) is 1.97. The van der Waals surface area contributed by atoms with Crippen LogP contribution in [-0.4, -0.2) is 0 Å². The number of hydrogen-bond donors (Lipinski definition) is 0. The van der Waals surface area contributed by atoms with Gasteiger partial charge in [0.05, 0.1) is 5.39 Å². The van der Waals surface area contributed by atoms with E-state index in [1.54, 1.807) is 0 Å². The van der Waals surface area contributed by atoms with Crippen LogP contribution in [0.25, 0.3) is 43.7 Å². The van der Waals surface area contributed by atoms with E-state index in [1.165, 1.54) is 0 Å². The van der Waals surface area contributed by atoms with Crippen molar-refractivity contribution >= 4 is 43.7 Å². The van der Waals surface area contributed by atoms with Crippen LogP contribution in [0.1, 0.15) is 5.56 Å². The third-order valence-electron chi connectivity index (χ3n) is 4.37. The van der Waals surface area contributed by atoms with Gasteiger partial charge >= 0.3 is 5.63 Å². The highest BCUT2D eigenvalue weighted by molar-refractivity contribution is 6.21. The molecule has 0 fully saturated rings. The largest absolute Gasteiger partial charge is 0.455 e. The summed E-state index contributed by atoms with van der Waals surface area (Å²) in [5, 5.41) is 4.25. The average molecular weight is 300 g/mol. The number of benzene rings is 3. The van der Waals surface area contributed by atoms with E-state index in [-0.39, 0.29) is 5.63 Å². The van der Waals surface area contributed by atoms with Crippen molar-refractivity contribution in [3.63, 3.8) is 0 Å². The zero-order valence-corrected chi connectivity index (χ0v) is 12.4. The minimum absolute atomic E-state index is 0.354. The van der Waals surface area contributed by atoms with Gasteiger partial charge in [0.25, 0.3) is 0 Å². The van der Waals surface area contributed by atoms with Crippen molar-refractivity contribution in [2.75, 3.05) is 0 Å². The predicted octanol–water partition coefficient (Wildman–Crippen LogP) is 5.15. The molecule has 5 rings (SSSR count). The fourth-order valence-corrected chi connectivity index (χ4v) is 3.31. The van der Waals surface area contributed by atoms with Crippen LogP contribution in [0, 0.1) is 6.92 Å². The fraction of sp³-hybridized carbons (Fsp3) is 0.0500. The average Bonchev–Trinajstić information content (AvgIpc) is 2.95. The summed E-state index contributed by atoms with van der Waals surface area (Å²) in [5.41, 5.74) is 2.56. The van der Waals surface area contributed by atoms with Gasteiger partial charge in [-0.1, -0.05) is 36.4 Å². The van der Waals surface area contributed by atoms with Gasteiger partial charge < -0.3 is 8.83 Å². The summed E-state index contributed by atoms with van der Waals surface area (Å²) in [6.07, 6.45) is 0. The second kappa shape index (κ2) is 4.23. The van der Waals surface area contributed by atoms with Crippen molar-refractivity contribution in [2.24, 2.45) is 0 Å². The molecule has 0 aliphatic rings. The maximum atomic E-state index is 12.6. The molecule has 0 aliphatic heterocycles. The molecule has 0 N–H and O–H groups in total. The van der Waals surface area contributed by atoms with Gasteiger partial charge in [-0.25, -0.2) is 4.79 Å². The molecular formula is C20H12O3. The van der Waals surface area contributed by atoms with Crippen molar-refractivity contribution in [2.45, 2.75) is 6.92 Å². The lowest BCUT2D eigenvalue weighted by Gasteiger charge is -1.99. The first-order valence-corrected chi connectivity index (χ1v) is 7.50. The molecular weight excluding hydrogens is 288 g/mol. The molecule has 0 unspecified atom stereocenters. The van der Waals surface area contributed by atoms with E-state index in [0.717, 1.165) is 27.1 Å². The van der Waals surface area contributed by atoms with Crippen LogP contribution >= 0.6 is 0 Å². The first-order valence-electron chi connectivity index (χ1n) is 7.50. The first-order chi connectivity index (χ1) is 11.2. The zero-order chi connectivity index (χ0) is 15.6. The molecule has 0 saturated heterocycles. The molecule has 0 amide bonds. The van der Waals surface area contributed by atoms with Crippen LogP contribution in [0.5, 0.6) is 0 Å². The Balaban J connectivity index is 2.13. The van der Waals surface area contributed by atoms with E-state index in [4.69, 9.17) is 8.83 Å². The molecule has 0 radical (unpaired) electrons. The number of furan rings is 1. The Labute approximate surface area is 130 Å². The van der Waals surface area contributed by atoms with E-state index in [1.807, 2.05) is 61.5 Å². The fourth-order valence-electron chi connectivity index (χ4n) is 3.31. The van der Waals surface area contributed by atoms with Crippen molar-refractivity contribution in [3.8, 4) is 0 Å². The van der Waals surface area contributed by atoms with Gasteiger partial charge in [-0.3, -0.25) is 0 Å².